The van der Waals surface area contributed by atoms with Gasteiger partial charge in [0.2, 0.25) is 0 Å². The fourth-order valence-corrected chi connectivity index (χ4v) is 1.52. The first kappa shape index (κ1) is 14.8. The van der Waals surface area contributed by atoms with Gasteiger partial charge in [-0.2, -0.15) is 0 Å². The van der Waals surface area contributed by atoms with E-state index in [0.717, 1.165) is 0 Å². The van der Waals surface area contributed by atoms with Crippen LogP contribution < -0.4 is 5.32 Å². The van der Waals surface area contributed by atoms with Gasteiger partial charge in [0.1, 0.15) is 6.04 Å². The van der Waals surface area contributed by atoms with Crippen molar-refractivity contribution < 1.29 is 24.6 Å². The number of hydrogen-bond donors (Lipinski definition) is 3. The van der Waals surface area contributed by atoms with Gasteiger partial charge in [0.15, 0.2) is 5.78 Å². The van der Waals surface area contributed by atoms with E-state index < -0.39 is 18.0 Å². The Morgan fingerprint density at radius 1 is 1.11 bits per heavy atom. The average Bonchev–Trinajstić information content (AvgIpc) is 2.38. The van der Waals surface area contributed by atoms with E-state index >= 15 is 0 Å². The fourth-order valence-electron chi connectivity index (χ4n) is 1.52. The Bertz CT molecular complexity index is 457. The largest absolute Gasteiger partial charge is 0.481 e. The Balaban J connectivity index is 2.50. The number of aliphatic carboxylic acids is 2. The zero-order valence-corrected chi connectivity index (χ0v) is 10.2. The van der Waals surface area contributed by atoms with Crippen molar-refractivity contribution in [2.24, 2.45) is 0 Å². The molecule has 3 N–H and O–H groups in total. The summed E-state index contributed by atoms with van der Waals surface area (Å²) in [6, 6.07) is 7.44. The summed E-state index contributed by atoms with van der Waals surface area (Å²) in [4.78, 5) is 33.0. The standard InChI is InChI=1S/C13H15NO5/c15-11(9-4-2-1-3-5-9)8-14-10(13(18)19)6-7-12(16)17/h1-5,10,14H,6-8H2,(H,16,17)(H,18,19). The molecule has 0 heterocycles. The van der Waals surface area contributed by atoms with Gasteiger partial charge in [-0.25, -0.2) is 0 Å². The van der Waals surface area contributed by atoms with E-state index in [-0.39, 0.29) is 25.2 Å². The quantitative estimate of drug-likeness (QED) is 0.600. The molecule has 1 rings (SSSR count). The van der Waals surface area contributed by atoms with Crippen LogP contribution in [0.3, 0.4) is 0 Å². The number of carbonyl (C=O) groups excluding carboxylic acids is 1. The number of ketones is 1. The molecule has 0 aliphatic carbocycles. The van der Waals surface area contributed by atoms with Crippen LogP contribution in [-0.2, 0) is 9.59 Å². The molecule has 1 unspecified atom stereocenters. The summed E-state index contributed by atoms with van der Waals surface area (Å²) in [6.45, 7) is -0.138. The van der Waals surface area contributed by atoms with Crippen LogP contribution in [0.4, 0.5) is 0 Å². The monoisotopic (exact) mass is 265 g/mol. The predicted octanol–water partition coefficient (Wildman–Crippen LogP) is 0.777. The lowest BCUT2D eigenvalue weighted by atomic mass is 10.1. The molecular weight excluding hydrogens is 250 g/mol. The van der Waals surface area contributed by atoms with Crippen LogP contribution in [0.25, 0.3) is 0 Å². The minimum atomic E-state index is -1.16. The first-order valence-electron chi connectivity index (χ1n) is 5.77. The van der Waals surface area contributed by atoms with Gasteiger partial charge in [0.05, 0.1) is 6.54 Å². The van der Waals surface area contributed by atoms with E-state index in [9.17, 15) is 14.4 Å². The van der Waals surface area contributed by atoms with Gasteiger partial charge < -0.3 is 10.2 Å². The van der Waals surface area contributed by atoms with Gasteiger partial charge in [-0.1, -0.05) is 30.3 Å². The van der Waals surface area contributed by atoms with Crippen molar-refractivity contribution in [3.63, 3.8) is 0 Å². The summed E-state index contributed by atoms with van der Waals surface area (Å²) in [5.41, 5.74) is 0.484. The molecule has 0 saturated heterocycles. The normalized spacial score (nSPS) is 11.8. The number of carboxylic acid groups (broad SMARTS) is 2. The summed E-state index contributed by atoms with van der Waals surface area (Å²) in [6.07, 6.45) is -0.323. The highest BCUT2D eigenvalue weighted by Gasteiger charge is 2.19. The molecular formula is C13H15NO5. The van der Waals surface area contributed by atoms with Gasteiger partial charge in [0.25, 0.3) is 0 Å². The highest BCUT2D eigenvalue weighted by molar-refractivity contribution is 5.97. The number of rotatable bonds is 8. The number of carboxylic acids is 2. The molecule has 0 aromatic heterocycles. The lowest BCUT2D eigenvalue weighted by molar-refractivity contribution is -0.140. The van der Waals surface area contributed by atoms with E-state index in [1.54, 1.807) is 30.3 Å². The van der Waals surface area contributed by atoms with E-state index in [2.05, 4.69) is 5.32 Å². The molecule has 1 atom stereocenters. The molecule has 6 nitrogen and oxygen atoms in total. The van der Waals surface area contributed by atoms with Crippen molar-refractivity contribution in [3.05, 3.63) is 35.9 Å². The van der Waals surface area contributed by atoms with Crippen LogP contribution >= 0.6 is 0 Å². The van der Waals surface area contributed by atoms with Crippen LogP contribution in [0.1, 0.15) is 23.2 Å². The molecule has 1 aromatic rings. The summed E-state index contributed by atoms with van der Waals surface area (Å²) < 4.78 is 0. The van der Waals surface area contributed by atoms with E-state index in [1.165, 1.54) is 0 Å². The molecule has 0 amide bonds. The molecule has 0 bridgehead atoms. The van der Waals surface area contributed by atoms with Crippen LogP contribution in [0.2, 0.25) is 0 Å². The number of benzene rings is 1. The Hall–Kier alpha value is -2.21. The second-order valence-corrected chi connectivity index (χ2v) is 3.99. The Kier molecular flexibility index (Phi) is 5.69. The number of carbonyl (C=O) groups is 3. The van der Waals surface area contributed by atoms with Gasteiger partial charge >= 0.3 is 11.9 Å². The minimum Gasteiger partial charge on any atom is -0.481 e. The lowest BCUT2D eigenvalue weighted by Crippen LogP contribution is -2.40. The molecule has 102 valence electrons. The Morgan fingerprint density at radius 2 is 1.74 bits per heavy atom. The number of Topliss-reactive ketones (excluding diaryl/α,β-unsaturated/α-hetero) is 1. The minimum absolute atomic E-state index is 0.0628. The molecule has 1 aromatic carbocycles. The van der Waals surface area contributed by atoms with E-state index in [0.29, 0.717) is 5.56 Å². The van der Waals surface area contributed by atoms with Crippen LogP contribution in [0.15, 0.2) is 30.3 Å². The summed E-state index contributed by atoms with van der Waals surface area (Å²) >= 11 is 0. The molecule has 6 heteroatoms. The molecule has 0 fully saturated rings. The van der Waals surface area contributed by atoms with E-state index in [1.807, 2.05) is 0 Å². The van der Waals surface area contributed by atoms with E-state index in [4.69, 9.17) is 10.2 Å². The first-order valence-corrected chi connectivity index (χ1v) is 5.77. The Morgan fingerprint density at radius 3 is 2.26 bits per heavy atom. The second-order valence-electron chi connectivity index (χ2n) is 3.99. The second kappa shape index (κ2) is 7.27. The average molecular weight is 265 g/mol. The van der Waals surface area contributed by atoms with Crippen LogP contribution in [0.5, 0.6) is 0 Å². The van der Waals surface area contributed by atoms with Gasteiger partial charge in [-0.15, -0.1) is 0 Å². The lowest BCUT2D eigenvalue weighted by Gasteiger charge is -2.12. The highest BCUT2D eigenvalue weighted by atomic mass is 16.4. The van der Waals surface area contributed by atoms with Crippen molar-refractivity contribution in [2.75, 3.05) is 6.54 Å². The third-order valence-corrected chi connectivity index (χ3v) is 2.55. The van der Waals surface area contributed by atoms with Crippen molar-refractivity contribution in [2.45, 2.75) is 18.9 Å². The predicted molar refractivity (Wildman–Crippen MR) is 67.1 cm³/mol. The summed E-state index contributed by atoms with van der Waals surface area (Å²) in [7, 11) is 0. The first-order chi connectivity index (χ1) is 9.00. The third kappa shape index (κ3) is 5.31. The summed E-state index contributed by atoms with van der Waals surface area (Å²) in [5.74, 6) is -2.47. The SMILES string of the molecule is O=C(O)CCC(NCC(=O)c1ccccc1)C(=O)O. The van der Waals surface area contributed by atoms with Gasteiger partial charge in [-0.05, 0) is 6.42 Å². The molecule has 0 aliphatic rings. The smallest absolute Gasteiger partial charge is 0.320 e. The molecule has 0 saturated carbocycles. The van der Waals surface area contributed by atoms with Crippen LogP contribution in [0, 0.1) is 0 Å². The number of nitrogens with one attached hydrogen (secondary N) is 1. The number of hydrogen-bond acceptors (Lipinski definition) is 4. The zero-order valence-electron chi connectivity index (χ0n) is 10.2. The maximum Gasteiger partial charge on any atom is 0.320 e. The highest BCUT2D eigenvalue weighted by Crippen LogP contribution is 2.01. The topological polar surface area (TPSA) is 104 Å². The maximum atomic E-state index is 11.7. The molecule has 0 aliphatic heterocycles. The molecule has 0 radical (unpaired) electrons. The van der Waals surface area contributed by atoms with Crippen molar-refractivity contribution in [1.82, 2.24) is 5.32 Å². The van der Waals surface area contributed by atoms with Gasteiger partial charge in [0, 0.05) is 12.0 Å². The molecule has 0 spiro atoms. The Labute approximate surface area is 110 Å². The fraction of sp³-hybridized carbons (Fsp3) is 0.308. The third-order valence-electron chi connectivity index (χ3n) is 2.55. The van der Waals surface area contributed by atoms with Crippen molar-refractivity contribution in [1.29, 1.82) is 0 Å². The summed E-state index contributed by atoms with van der Waals surface area (Å²) in [5, 5.41) is 20.0. The van der Waals surface area contributed by atoms with Crippen molar-refractivity contribution >= 4 is 17.7 Å². The maximum absolute atomic E-state index is 11.7. The van der Waals surface area contributed by atoms with Crippen molar-refractivity contribution in [3.8, 4) is 0 Å². The van der Waals surface area contributed by atoms with Gasteiger partial charge in [-0.3, -0.25) is 19.7 Å². The zero-order chi connectivity index (χ0) is 14.3. The molecule has 19 heavy (non-hydrogen) atoms. The van der Waals surface area contributed by atoms with Crippen LogP contribution in [-0.4, -0.2) is 40.5 Å².